The van der Waals surface area contributed by atoms with Crippen molar-refractivity contribution in [1.82, 2.24) is 0 Å². The monoisotopic (exact) mass is 268 g/mol. The standard InChI is InChI=1S/C17H16O3/c1-13(18)20-16-9-5-8-15(12-16)17(19)11-10-14-6-3-2-4-7-14/h2-9,12H,10-11H2,1H3. The van der Waals surface area contributed by atoms with Crippen LogP contribution in [0, 0.1) is 0 Å². The molecular formula is C17H16O3. The van der Waals surface area contributed by atoms with Crippen LogP contribution in [0.15, 0.2) is 54.6 Å². The molecular weight excluding hydrogens is 252 g/mol. The predicted molar refractivity (Wildman–Crippen MR) is 76.8 cm³/mol. The van der Waals surface area contributed by atoms with Crippen LogP contribution in [0.1, 0.15) is 29.3 Å². The number of ether oxygens (including phenoxy) is 1. The van der Waals surface area contributed by atoms with Crippen molar-refractivity contribution in [2.24, 2.45) is 0 Å². The molecule has 0 amide bonds. The minimum Gasteiger partial charge on any atom is -0.427 e. The van der Waals surface area contributed by atoms with E-state index in [1.807, 2.05) is 30.3 Å². The van der Waals surface area contributed by atoms with E-state index in [9.17, 15) is 9.59 Å². The minimum atomic E-state index is -0.390. The molecule has 0 aliphatic heterocycles. The Morgan fingerprint density at radius 1 is 1.00 bits per heavy atom. The maximum atomic E-state index is 12.1. The topological polar surface area (TPSA) is 43.4 Å². The van der Waals surface area contributed by atoms with Gasteiger partial charge in [-0.1, -0.05) is 42.5 Å². The van der Waals surface area contributed by atoms with E-state index in [-0.39, 0.29) is 11.8 Å². The first-order chi connectivity index (χ1) is 9.65. The average Bonchev–Trinajstić information content (AvgIpc) is 2.45. The minimum absolute atomic E-state index is 0.0443. The van der Waals surface area contributed by atoms with Gasteiger partial charge in [0.1, 0.15) is 5.75 Å². The third-order valence-corrected chi connectivity index (χ3v) is 2.90. The fourth-order valence-corrected chi connectivity index (χ4v) is 1.95. The molecule has 0 radical (unpaired) electrons. The van der Waals surface area contributed by atoms with Crippen LogP contribution in [0.5, 0.6) is 5.75 Å². The molecule has 0 saturated heterocycles. The van der Waals surface area contributed by atoms with Crippen LogP contribution in [-0.2, 0) is 11.2 Å². The zero-order valence-corrected chi connectivity index (χ0v) is 11.3. The summed E-state index contributed by atoms with van der Waals surface area (Å²) in [6, 6.07) is 16.6. The van der Waals surface area contributed by atoms with Crippen molar-refractivity contribution in [2.45, 2.75) is 19.8 Å². The lowest BCUT2D eigenvalue weighted by molar-refractivity contribution is -0.131. The number of hydrogen-bond donors (Lipinski definition) is 0. The van der Waals surface area contributed by atoms with Crippen LogP contribution in [0.4, 0.5) is 0 Å². The molecule has 0 heterocycles. The lowest BCUT2D eigenvalue weighted by Gasteiger charge is -2.05. The summed E-state index contributed by atoms with van der Waals surface area (Å²) < 4.78 is 4.98. The number of benzene rings is 2. The molecule has 2 aromatic carbocycles. The van der Waals surface area contributed by atoms with E-state index in [2.05, 4.69) is 0 Å². The van der Waals surface area contributed by atoms with Crippen molar-refractivity contribution in [1.29, 1.82) is 0 Å². The molecule has 0 N–H and O–H groups in total. The quantitative estimate of drug-likeness (QED) is 0.474. The first-order valence-electron chi connectivity index (χ1n) is 6.51. The summed E-state index contributed by atoms with van der Waals surface area (Å²) in [7, 11) is 0. The fourth-order valence-electron chi connectivity index (χ4n) is 1.95. The van der Waals surface area contributed by atoms with E-state index in [4.69, 9.17) is 4.74 Å². The van der Waals surface area contributed by atoms with Gasteiger partial charge < -0.3 is 4.74 Å². The van der Waals surface area contributed by atoms with E-state index < -0.39 is 0 Å². The summed E-state index contributed by atoms with van der Waals surface area (Å²) in [6.07, 6.45) is 1.14. The van der Waals surface area contributed by atoms with Crippen molar-refractivity contribution in [2.75, 3.05) is 0 Å². The second-order valence-corrected chi connectivity index (χ2v) is 4.53. The lowest BCUT2D eigenvalue weighted by atomic mass is 10.0. The smallest absolute Gasteiger partial charge is 0.308 e. The van der Waals surface area contributed by atoms with Gasteiger partial charge in [-0.3, -0.25) is 9.59 Å². The molecule has 3 heteroatoms. The number of aryl methyl sites for hydroxylation is 1. The summed E-state index contributed by atoms with van der Waals surface area (Å²) in [5, 5.41) is 0. The van der Waals surface area contributed by atoms with Crippen molar-refractivity contribution in [3.63, 3.8) is 0 Å². The van der Waals surface area contributed by atoms with Gasteiger partial charge in [0, 0.05) is 18.9 Å². The Morgan fingerprint density at radius 2 is 1.75 bits per heavy atom. The van der Waals surface area contributed by atoms with Crippen molar-refractivity contribution in [3.05, 3.63) is 65.7 Å². The number of carbonyl (C=O) groups is 2. The van der Waals surface area contributed by atoms with Gasteiger partial charge in [0.2, 0.25) is 0 Å². The maximum absolute atomic E-state index is 12.1. The SMILES string of the molecule is CC(=O)Oc1cccc(C(=O)CCc2ccccc2)c1. The molecule has 102 valence electrons. The molecule has 2 rings (SSSR count). The molecule has 2 aromatic rings. The van der Waals surface area contributed by atoms with Crippen LogP contribution in [0.25, 0.3) is 0 Å². The normalized spacial score (nSPS) is 10.1. The molecule has 0 bridgehead atoms. The highest BCUT2D eigenvalue weighted by Crippen LogP contribution is 2.16. The van der Waals surface area contributed by atoms with Gasteiger partial charge in [0.05, 0.1) is 0 Å². The van der Waals surface area contributed by atoms with E-state index in [1.54, 1.807) is 24.3 Å². The molecule has 20 heavy (non-hydrogen) atoms. The van der Waals surface area contributed by atoms with E-state index in [0.29, 0.717) is 24.2 Å². The number of esters is 1. The van der Waals surface area contributed by atoms with Gasteiger partial charge in [-0.15, -0.1) is 0 Å². The van der Waals surface area contributed by atoms with Crippen LogP contribution >= 0.6 is 0 Å². The fraction of sp³-hybridized carbons (Fsp3) is 0.176. The number of hydrogen-bond acceptors (Lipinski definition) is 3. The van der Waals surface area contributed by atoms with E-state index in [1.165, 1.54) is 6.92 Å². The van der Waals surface area contributed by atoms with Crippen LogP contribution in [0.2, 0.25) is 0 Å². The Hall–Kier alpha value is -2.42. The molecule has 0 spiro atoms. The highest BCUT2D eigenvalue weighted by atomic mass is 16.5. The highest BCUT2D eigenvalue weighted by molar-refractivity contribution is 5.96. The van der Waals surface area contributed by atoms with E-state index >= 15 is 0 Å². The van der Waals surface area contributed by atoms with Gasteiger partial charge in [0.15, 0.2) is 5.78 Å². The molecule has 0 aromatic heterocycles. The first-order valence-corrected chi connectivity index (χ1v) is 6.51. The lowest BCUT2D eigenvalue weighted by Crippen LogP contribution is -2.04. The summed E-state index contributed by atoms with van der Waals surface area (Å²) >= 11 is 0. The third-order valence-electron chi connectivity index (χ3n) is 2.90. The summed E-state index contributed by atoms with van der Waals surface area (Å²) in [6.45, 7) is 1.34. The van der Waals surface area contributed by atoms with Gasteiger partial charge in [-0.25, -0.2) is 0 Å². The Kier molecular flexibility index (Phi) is 4.66. The molecule has 0 aliphatic carbocycles. The van der Waals surface area contributed by atoms with Crippen LogP contribution < -0.4 is 4.74 Å². The molecule has 0 atom stereocenters. The van der Waals surface area contributed by atoms with Crippen molar-refractivity contribution < 1.29 is 14.3 Å². The summed E-state index contributed by atoms with van der Waals surface area (Å²) in [4.78, 5) is 23.0. The van der Waals surface area contributed by atoms with Crippen LogP contribution in [-0.4, -0.2) is 11.8 Å². The van der Waals surface area contributed by atoms with Crippen LogP contribution in [0.3, 0.4) is 0 Å². The zero-order chi connectivity index (χ0) is 14.4. The Balaban J connectivity index is 2.00. The number of Topliss-reactive ketones (excluding diaryl/α,β-unsaturated/α-hetero) is 1. The highest BCUT2D eigenvalue weighted by Gasteiger charge is 2.08. The zero-order valence-electron chi connectivity index (χ0n) is 11.3. The first kappa shape index (κ1) is 14.0. The largest absolute Gasteiger partial charge is 0.427 e. The molecule has 0 aliphatic rings. The van der Waals surface area contributed by atoms with E-state index in [0.717, 1.165) is 5.56 Å². The number of rotatable bonds is 5. The number of carbonyl (C=O) groups excluding carboxylic acids is 2. The summed E-state index contributed by atoms with van der Waals surface area (Å²) in [5.74, 6) is 0.0600. The molecule has 0 fully saturated rings. The second kappa shape index (κ2) is 6.66. The second-order valence-electron chi connectivity index (χ2n) is 4.53. The van der Waals surface area contributed by atoms with Gasteiger partial charge in [-0.05, 0) is 24.1 Å². The Labute approximate surface area is 118 Å². The van der Waals surface area contributed by atoms with Gasteiger partial charge in [-0.2, -0.15) is 0 Å². The average molecular weight is 268 g/mol. The molecule has 3 nitrogen and oxygen atoms in total. The maximum Gasteiger partial charge on any atom is 0.308 e. The van der Waals surface area contributed by atoms with Gasteiger partial charge >= 0.3 is 5.97 Å². The Morgan fingerprint density at radius 3 is 2.45 bits per heavy atom. The third kappa shape index (κ3) is 4.05. The molecule has 0 unspecified atom stereocenters. The number of ketones is 1. The van der Waals surface area contributed by atoms with Crippen molar-refractivity contribution >= 4 is 11.8 Å². The molecule has 0 saturated carbocycles. The predicted octanol–water partition coefficient (Wildman–Crippen LogP) is 3.43. The summed E-state index contributed by atoms with van der Waals surface area (Å²) in [5.41, 5.74) is 1.71. The van der Waals surface area contributed by atoms with Crippen molar-refractivity contribution in [3.8, 4) is 5.75 Å². The Bertz CT molecular complexity index is 603. The van der Waals surface area contributed by atoms with Gasteiger partial charge in [0.25, 0.3) is 0 Å².